The molecule has 0 aromatic carbocycles. The summed E-state index contributed by atoms with van der Waals surface area (Å²) in [4.78, 5) is 40.0. The first kappa shape index (κ1) is 72.7. The quantitative estimate of drug-likeness (QED) is 0.0212. The van der Waals surface area contributed by atoms with Crippen LogP contribution in [0.2, 0.25) is 0 Å². The molecule has 438 valence electrons. The minimum absolute atomic E-state index is 0.0262. The van der Waals surface area contributed by atoms with Crippen LogP contribution in [0.25, 0.3) is 0 Å². The van der Waals surface area contributed by atoms with E-state index in [4.69, 9.17) is 13.8 Å². The first-order chi connectivity index (χ1) is 36.4. The fraction of sp³-hybridized carbons (Fsp3) is 0.815. The molecule has 1 amide bonds. The normalized spacial score (nSPS) is 14.1. The number of phosphoric acid groups is 1. The van der Waals surface area contributed by atoms with Gasteiger partial charge in [0.05, 0.1) is 33.8 Å². The van der Waals surface area contributed by atoms with Crippen LogP contribution in [0.5, 0.6) is 0 Å². The average molecular weight is 1070 g/mol. The van der Waals surface area contributed by atoms with Crippen molar-refractivity contribution < 1.29 is 37.3 Å². The first-order valence-corrected chi connectivity index (χ1v) is 33.1. The number of nitrogens with one attached hydrogen (secondary N) is 1. The van der Waals surface area contributed by atoms with Crippen molar-refractivity contribution in [1.82, 2.24) is 5.32 Å². The van der Waals surface area contributed by atoms with Crippen molar-refractivity contribution in [3.8, 4) is 0 Å². The fourth-order valence-electron chi connectivity index (χ4n) is 8.99. The molecule has 3 atom stereocenters. The number of hydrogen-bond donors (Lipinski definition) is 1. The number of allylic oxidation sites excluding steroid dienone is 9. The Morgan fingerprint density at radius 2 is 0.813 bits per heavy atom. The maximum absolute atomic E-state index is 13.5. The molecule has 0 aliphatic heterocycles. The Kier molecular flexibility index (Phi) is 53.4. The van der Waals surface area contributed by atoms with Gasteiger partial charge >= 0.3 is 5.97 Å². The number of likely N-dealkylation sites (N-methyl/N-ethyl adjacent to an activating group) is 1. The van der Waals surface area contributed by atoms with Crippen molar-refractivity contribution in [3.05, 3.63) is 60.8 Å². The molecule has 0 radical (unpaired) electrons. The predicted octanol–water partition coefficient (Wildman–Crippen LogP) is 18.8. The Morgan fingerprint density at radius 1 is 0.467 bits per heavy atom. The van der Waals surface area contributed by atoms with Crippen LogP contribution in [0.1, 0.15) is 290 Å². The number of hydrogen-bond acceptors (Lipinski definition) is 7. The van der Waals surface area contributed by atoms with Crippen LogP contribution in [-0.2, 0) is 27.9 Å². The van der Waals surface area contributed by atoms with E-state index in [1.807, 2.05) is 33.3 Å². The van der Waals surface area contributed by atoms with Gasteiger partial charge in [-0.15, -0.1) is 0 Å². The zero-order chi connectivity index (χ0) is 55.0. The number of phosphoric ester groups is 1. The van der Waals surface area contributed by atoms with Crippen LogP contribution in [0.15, 0.2) is 60.8 Å². The molecule has 0 aromatic heterocycles. The van der Waals surface area contributed by atoms with Gasteiger partial charge in [-0.25, -0.2) is 0 Å². The second kappa shape index (κ2) is 55.0. The Labute approximate surface area is 464 Å². The summed E-state index contributed by atoms with van der Waals surface area (Å²) in [6.07, 6.45) is 69.0. The molecule has 9 nitrogen and oxygen atoms in total. The Bertz CT molecular complexity index is 1470. The first-order valence-electron chi connectivity index (χ1n) is 31.6. The molecule has 0 aliphatic rings. The highest BCUT2D eigenvalue weighted by molar-refractivity contribution is 7.45. The lowest BCUT2D eigenvalue weighted by Gasteiger charge is -2.30. The van der Waals surface area contributed by atoms with Crippen LogP contribution in [0, 0.1) is 0 Å². The lowest BCUT2D eigenvalue weighted by Crippen LogP contribution is -2.47. The molecule has 10 heteroatoms. The van der Waals surface area contributed by atoms with Crippen molar-refractivity contribution in [3.63, 3.8) is 0 Å². The molecule has 1 N–H and O–H groups in total. The molecule has 0 saturated heterocycles. The lowest BCUT2D eigenvalue weighted by molar-refractivity contribution is -0.870. The molecular formula is C65H121N2O7P. The molecular weight excluding hydrogens is 952 g/mol. The van der Waals surface area contributed by atoms with Crippen molar-refractivity contribution in [2.24, 2.45) is 0 Å². The summed E-state index contributed by atoms with van der Waals surface area (Å²) in [6.45, 7) is 6.81. The van der Waals surface area contributed by atoms with Crippen LogP contribution in [0.4, 0.5) is 0 Å². The van der Waals surface area contributed by atoms with E-state index in [1.54, 1.807) is 0 Å². The van der Waals surface area contributed by atoms with Gasteiger partial charge < -0.3 is 28.5 Å². The highest BCUT2D eigenvalue weighted by Gasteiger charge is 2.27. The maximum Gasteiger partial charge on any atom is 0.306 e. The summed E-state index contributed by atoms with van der Waals surface area (Å²) in [7, 11) is 1.18. The minimum Gasteiger partial charge on any atom is -0.756 e. The second-order valence-corrected chi connectivity index (χ2v) is 24.0. The summed E-state index contributed by atoms with van der Waals surface area (Å²) in [5.41, 5.74) is 0. The van der Waals surface area contributed by atoms with E-state index in [1.165, 1.54) is 167 Å². The highest BCUT2D eigenvalue weighted by atomic mass is 31.2. The third-order valence-corrected chi connectivity index (χ3v) is 14.9. The standard InChI is InChI=1S/C65H121N2O7P/c1-7-10-13-16-19-22-25-28-30-31-32-33-34-35-36-37-38-40-43-46-49-52-55-58-65(69)74-63(56-53-50-47-44-41-27-24-21-18-15-12-9-3)62(61-73-75(70,71)72-60-59-67(4,5)6)66-64(68)57-54-51-48-45-42-39-29-26-23-20-17-14-11-8-2/h19,22,28,30,32-33,39,42,53,56,62-63H,7-18,20-21,23-27,29,31,34-38,40-41,43-52,54-55,57-61H2,1-6H3,(H-,66,68,70,71)/b22-19-,30-28-,33-32-,42-39-,56-53-. The summed E-state index contributed by atoms with van der Waals surface area (Å²) in [6, 6.07) is -0.898. The van der Waals surface area contributed by atoms with Crippen molar-refractivity contribution in [2.45, 2.75) is 303 Å². The summed E-state index contributed by atoms with van der Waals surface area (Å²) >= 11 is 0. The maximum atomic E-state index is 13.5. The summed E-state index contributed by atoms with van der Waals surface area (Å²) in [5, 5.41) is 3.02. The molecule has 75 heavy (non-hydrogen) atoms. The topological polar surface area (TPSA) is 114 Å². The van der Waals surface area contributed by atoms with Gasteiger partial charge in [0.15, 0.2) is 0 Å². The molecule has 0 aromatic rings. The number of amides is 1. The SMILES string of the molecule is CCCCC/C=C\C/C=C\C/C=C\CCCCCCCCCCCCC(=O)OC(/C=C\CCCCCCCCCCCC)C(COP(=O)([O-])OCC[N+](C)(C)C)NC(=O)CCCCC/C=C\CCCCCCCCC. The lowest BCUT2D eigenvalue weighted by atomic mass is 10.0. The predicted molar refractivity (Wildman–Crippen MR) is 321 cm³/mol. The van der Waals surface area contributed by atoms with Gasteiger partial charge in [-0.1, -0.05) is 242 Å². The summed E-state index contributed by atoms with van der Waals surface area (Å²) < 4.78 is 30.3. The zero-order valence-corrected chi connectivity index (χ0v) is 50.9. The second-order valence-electron chi connectivity index (χ2n) is 22.6. The van der Waals surface area contributed by atoms with Crippen LogP contribution >= 0.6 is 7.82 Å². The third kappa shape index (κ3) is 56.2. The van der Waals surface area contributed by atoms with E-state index in [0.717, 1.165) is 83.5 Å². The highest BCUT2D eigenvalue weighted by Crippen LogP contribution is 2.38. The smallest absolute Gasteiger partial charge is 0.306 e. The fourth-order valence-corrected chi connectivity index (χ4v) is 9.72. The Morgan fingerprint density at radius 3 is 1.27 bits per heavy atom. The molecule has 0 spiro atoms. The van der Waals surface area contributed by atoms with Crippen molar-refractivity contribution >= 4 is 19.7 Å². The van der Waals surface area contributed by atoms with E-state index < -0.39 is 26.6 Å². The van der Waals surface area contributed by atoms with Gasteiger partial charge in [-0.2, -0.15) is 0 Å². The molecule has 0 heterocycles. The van der Waals surface area contributed by atoms with Crippen LogP contribution < -0.4 is 10.2 Å². The zero-order valence-electron chi connectivity index (χ0n) is 50.0. The molecule has 3 unspecified atom stereocenters. The Hall–Kier alpha value is -2.29. The number of nitrogens with zero attached hydrogens (tertiary/aromatic N) is 1. The van der Waals surface area contributed by atoms with Crippen LogP contribution in [-0.4, -0.2) is 69.4 Å². The van der Waals surface area contributed by atoms with Gasteiger partial charge in [0.1, 0.15) is 19.3 Å². The van der Waals surface area contributed by atoms with Gasteiger partial charge in [0.2, 0.25) is 5.91 Å². The number of unbranched alkanes of at least 4 members (excludes halogenated alkanes) is 33. The summed E-state index contributed by atoms with van der Waals surface area (Å²) in [5.74, 6) is -0.559. The molecule has 0 aliphatic carbocycles. The number of quaternary nitrogens is 1. The van der Waals surface area contributed by atoms with E-state index >= 15 is 0 Å². The minimum atomic E-state index is -4.70. The number of ether oxygens (including phenoxy) is 1. The van der Waals surface area contributed by atoms with E-state index in [9.17, 15) is 19.0 Å². The molecule has 0 bridgehead atoms. The monoisotopic (exact) mass is 1070 g/mol. The number of rotatable bonds is 57. The number of esters is 1. The third-order valence-electron chi connectivity index (χ3n) is 13.9. The molecule has 0 saturated carbocycles. The largest absolute Gasteiger partial charge is 0.756 e. The van der Waals surface area contributed by atoms with E-state index in [2.05, 4.69) is 74.7 Å². The van der Waals surface area contributed by atoms with Gasteiger partial charge in [-0.05, 0) is 96.0 Å². The number of carbonyl (C=O) groups excluding carboxylic acids is 2. The van der Waals surface area contributed by atoms with E-state index in [-0.39, 0.29) is 24.9 Å². The van der Waals surface area contributed by atoms with Gasteiger partial charge in [0, 0.05) is 12.8 Å². The van der Waals surface area contributed by atoms with Gasteiger partial charge in [-0.3, -0.25) is 14.2 Å². The average Bonchev–Trinajstić information content (AvgIpc) is 3.37. The van der Waals surface area contributed by atoms with E-state index in [0.29, 0.717) is 23.9 Å². The van der Waals surface area contributed by atoms with Gasteiger partial charge in [0.25, 0.3) is 7.82 Å². The molecule has 0 rings (SSSR count). The van der Waals surface area contributed by atoms with Crippen molar-refractivity contribution in [1.29, 1.82) is 0 Å². The van der Waals surface area contributed by atoms with Crippen molar-refractivity contribution in [2.75, 3.05) is 40.9 Å². The number of carbonyl (C=O) groups is 2. The molecule has 0 fully saturated rings. The van der Waals surface area contributed by atoms with Crippen LogP contribution in [0.3, 0.4) is 0 Å². The Balaban J connectivity index is 5.19.